The smallest absolute Gasteiger partial charge is 0.426 e. The number of aliphatic hydroxyl groups excluding tert-OH is 2. The van der Waals surface area contributed by atoms with E-state index in [1.807, 2.05) is 19.9 Å². The van der Waals surface area contributed by atoms with Crippen LogP contribution in [0.5, 0.6) is 0 Å². The van der Waals surface area contributed by atoms with Crippen LogP contribution in [-0.4, -0.2) is 26.8 Å². The number of fused-ring (bicyclic) bond motifs is 1. The molecule has 6 aliphatic carbocycles. The zero-order valence-electron chi connectivity index (χ0n) is 24.0. The van der Waals surface area contributed by atoms with Crippen molar-refractivity contribution in [3.8, 4) is 0 Å². The summed E-state index contributed by atoms with van der Waals surface area (Å²) in [5, 5.41) is 21.6. The van der Waals surface area contributed by atoms with Crippen molar-refractivity contribution in [2.45, 2.75) is 70.0 Å². The number of alkyl halides is 2. The lowest BCUT2D eigenvalue weighted by Crippen LogP contribution is -2.28. The predicted octanol–water partition coefficient (Wildman–Crippen LogP) is 9.00. The van der Waals surface area contributed by atoms with E-state index >= 15 is 8.78 Å². The molecular formula is C34H40F2O3S2. The van der Waals surface area contributed by atoms with Crippen LogP contribution in [0.1, 0.15) is 53.4 Å². The van der Waals surface area contributed by atoms with Gasteiger partial charge in [0.25, 0.3) is 0 Å². The average molecular weight is 599 g/mol. The number of thiol groups is 2. The van der Waals surface area contributed by atoms with Gasteiger partial charge in [-0.25, -0.2) is 0 Å². The Morgan fingerprint density at radius 2 is 1.46 bits per heavy atom. The lowest BCUT2D eigenvalue weighted by molar-refractivity contribution is -0.177. The Hall–Kier alpha value is -2.12. The van der Waals surface area contributed by atoms with Crippen molar-refractivity contribution in [2.75, 3.05) is 0 Å². The van der Waals surface area contributed by atoms with Crippen LogP contribution in [0, 0.1) is 39.9 Å². The number of rotatable bonds is 7. The van der Waals surface area contributed by atoms with E-state index in [4.69, 9.17) is 17.4 Å². The Bertz CT molecular complexity index is 1400. The maximum Gasteiger partial charge on any atom is 0.426 e. The van der Waals surface area contributed by atoms with Gasteiger partial charge in [0.1, 0.15) is 17.3 Å². The summed E-state index contributed by atoms with van der Waals surface area (Å²) in [7, 11) is 0. The fourth-order valence-corrected chi connectivity index (χ4v) is 8.61. The van der Waals surface area contributed by atoms with Gasteiger partial charge in [-0.2, -0.15) is 34.0 Å². The third kappa shape index (κ3) is 5.30. The van der Waals surface area contributed by atoms with E-state index in [9.17, 15) is 10.2 Å². The molecule has 0 radical (unpaired) electrons. The van der Waals surface area contributed by atoms with E-state index in [0.717, 1.165) is 31.3 Å². The Balaban J connectivity index is 1.39. The van der Waals surface area contributed by atoms with Crippen molar-refractivity contribution in [1.82, 2.24) is 0 Å². The molecule has 3 fully saturated rings. The Kier molecular flexibility index (Phi) is 6.85. The molecule has 0 aromatic carbocycles. The second kappa shape index (κ2) is 9.70. The summed E-state index contributed by atoms with van der Waals surface area (Å²) < 4.78 is 37.9. The van der Waals surface area contributed by atoms with Gasteiger partial charge >= 0.3 is 6.11 Å². The first-order valence-electron chi connectivity index (χ1n) is 14.7. The van der Waals surface area contributed by atoms with Gasteiger partial charge in [-0.15, -0.1) is 0 Å². The maximum atomic E-state index is 16.2. The molecule has 6 rings (SSSR count). The van der Waals surface area contributed by atoms with Gasteiger partial charge in [-0.3, -0.25) is 0 Å². The summed E-state index contributed by atoms with van der Waals surface area (Å²) in [6.07, 6.45) is 16.9. The van der Waals surface area contributed by atoms with E-state index in [0.29, 0.717) is 11.5 Å². The van der Waals surface area contributed by atoms with E-state index in [1.54, 1.807) is 30.4 Å². The number of halogens is 2. The van der Waals surface area contributed by atoms with Crippen LogP contribution in [0.4, 0.5) is 8.78 Å². The topological polar surface area (TPSA) is 49.7 Å². The number of hydrogen-bond acceptors (Lipinski definition) is 5. The molecule has 0 aliphatic heterocycles. The quantitative estimate of drug-likeness (QED) is 0.221. The van der Waals surface area contributed by atoms with Crippen LogP contribution in [0.3, 0.4) is 0 Å². The fraction of sp³-hybridized carbons (Fsp3) is 0.529. The van der Waals surface area contributed by atoms with E-state index in [2.05, 4.69) is 32.6 Å². The van der Waals surface area contributed by atoms with E-state index in [-0.39, 0.29) is 51.1 Å². The highest BCUT2D eigenvalue weighted by molar-refractivity contribution is 7.81. The third-order valence-corrected chi connectivity index (χ3v) is 11.4. The van der Waals surface area contributed by atoms with Crippen LogP contribution < -0.4 is 0 Å². The molecular weight excluding hydrogens is 559 g/mol. The molecule has 3 saturated carbocycles. The lowest BCUT2D eigenvalue weighted by atomic mass is 9.70. The summed E-state index contributed by atoms with van der Waals surface area (Å²) in [5.41, 5.74) is -0.390. The normalized spacial score (nSPS) is 43.1. The maximum absolute atomic E-state index is 16.2. The monoisotopic (exact) mass is 598 g/mol. The fourth-order valence-electron chi connectivity index (χ4n) is 7.52. The van der Waals surface area contributed by atoms with E-state index in [1.165, 1.54) is 18.2 Å². The highest BCUT2D eigenvalue weighted by Crippen LogP contribution is 2.61. The van der Waals surface area contributed by atoms with Crippen LogP contribution in [-0.2, 0) is 4.74 Å². The summed E-state index contributed by atoms with van der Waals surface area (Å²) in [6, 6.07) is 0. The summed E-state index contributed by atoms with van der Waals surface area (Å²) in [5.74, 6) is 1.31. The van der Waals surface area contributed by atoms with Crippen molar-refractivity contribution < 1.29 is 23.7 Å². The van der Waals surface area contributed by atoms with Crippen molar-refractivity contribution in [3.05, 3.63) is 94.8 Å². The number of hydrogen-bond donors (Lipinski definition) is 4. The molecule has 2 N–H and O–H groups in total. The second-order valence-electron chi connectivity index (χ2n) is 13.6. The summed E-state index contributed by atoms with van der Waals surface area (Å²) >= 11 is 9.41. The minimum atomic E-state index is -3.64. The first-order valence-corrected chi connectivity index (χ1v) is 15.7. The number of aliphatic hydroxyl groups is 2. The predicted molar refractivity (Wildman–Crippen MR) is 166 cm³/mol. The highest BCUT2D eigenvalue weighted by atomic mass is 32.1. The zero-order chi connectivity index (χ0) is 29.5. The van der Waals surface area contributed by atoms with Crippen LogP contribution in [0.2, 0.25) is 0 Å². The zero-order valence-corrected chi connectivity index (χ0v) is 25.8. The molecule has 0 saturated heterocycles. The van der Waals surface area contributed by atoms with Gasteiger partial charge in [0.2, 0.25) is 0 Å². The Morgan fingerprint density at radius 1 is 0.829 bits per heavy atom. The van der Waals surface area contributed by atoms with Gasteiger partial charge in [-0.1, -0.05) is 52.3 Å². The van der Waals surface area contributed by atoms with Crippen LogP contribution in [0.15, 0.2) is 94.8 Å². The molecule has 0 amide bonds. The molecule has 6 aliphatic rings. The highest BCUT2D eigenvalue weighted by Gasteiger charge is 2.55. The van der Waals surface area contributed by atoms with Crippen LogP contribution in [0.25, 0.3) is 0 Å². The minimum Gasteiger partial charge on any atom is -0.508 e. The molecule has 7 heteroatoms. The first-order chi connectivity index (χ1) is 19.2. The van der Waals surface area contributed by atoms with Crippen molar-refractivity contribution >= 4 is 25.3 Å². The molecule has 0 bridgehead atoms. The SMILES string of the molecule is CCC1CC1C1(C)C=C(O)C=CC(OC(F)(F)C2=CC(C)(C3CC3S)C3=CC(C)(C4CC4S)C=C(O)C=C3C=C2)=C1. The Morgan fingerprint density at radius 3 is 2.07 bits per heavy atom. The van der Waals surface area contributed by atoms with E-state index < -0.39 is 22.4 Å². The molecule has 0 aromatic heterocycles. The largest absolute Gasteiger partial charge is 0.508 e. The lowest BCUT2D eigenvalue weighted by Gasteiger charge is -2.34. The molecule has 0 spiro atoms. The van der Waals surface area contributed by atoms with Gasteiger partial charge in [0, 0.05) is 26.7 Å². The summed E-state index contributed by atoms with van der Waals surface area (Å²) in [6.45, 7) is 8.19. The van der Waals surface area contributed by atoms with Crippen LogP contribution >= 0.6 is 25.3 Å². The number of ether oxygens (including phenoxy) is 1. The molecule has 220 valence electrons. The minimum absolute atomic E-state index is 0.0349. The third-order valence-electron chi connectivity index (χ3n) is 10.2. The molecule has 0 heterocycles. The molecule has 0 aromatic rings. The average Bonchev–Trinajstić information content (AvgIpc) is 3.73. The Labute approximate surface area is 253 Å². The molecule has 41 heavy (non-hydrogen) atoms. The van der Waals surface area contributed by atoms with Gasteiger partial charge in [-0.05, 0) is 96.6 Å². The van der Waals surface area contributed by atoms with Crippen molar-refractivity contribution in [3.63, 3.8) is 0 Å². The summed E-state index contributed by atoms with van der Waals surface area (Å²) in [4.78, 5) is 0. The van der Waals surface area contributed by atoms with Crippen molar-refractivity contribution in [2.24, 2.45) is 39.9 Å². The van der Waals surface area contributed by atoms with Crippen molar-refractivity contribution in [1.29, 1.82) is 0 Å². The van der Waals surface area contributed by atoms with Gasteiger partial charge in [0.05, 0.1) is 5.57 Å². The van der Waals surface area contributed by atoms with Gasteiger partial charge < -0.3 is 14.9 Å². The molecule has 3 nitrogen and oxygen atoms in total. The first kappa shape index (κ1) is 29.0. The molecule has 9 unspecified atom stereocenters. The number of allylic oxidation sites excluding steroid dienone is 11. The standard InChI is InChI=1S/C34H40F2O3S2/c1-5-19-11-25(19)31(2)15-22(37)8-9-24(17-31)39-34(35,36)21-7-6-20-10-23(38)16-32(3,26-12-29(26)40)18-28(20)33(4,14-21)27-13-30(27)41/h6-10,14-19,25-27,29-30,37-38,40-41H,5,11-13H2,1-4H3. The molecule has 9 atom stereocenters. The van der Waals surface area contributed by atoms with Gasteiger partial charge in [0.15, 0.2) is 0 Å². The second-order valence-corrected chi connectivity index (χ2v) is 14.9.